The van der Waals surface area contributed by atoms with Gasteiger partial charge < -0.3 is 20.3 Å². The Hall–Kier alpha value is -5.38. The van der Waals surface area contributed by atoms with Gasteiger partial charge in [0, 0.05) is 68.0 Å². The number of alkyl halides is 3. The lowest BCUT2D eigenvalue weighted by atomic mass is 9.75. The van der Waals surface area contributed by atoms with E-state index < -0.39 is 46.1 Å². The first-order valence-corrected chi connectivity index (χ1v) is 19.1. The normalized spacial score (nSPS) is 21.2. The van der Waals surface area contributed by atoms with Gasteiger partial charge in [-0.3, -0.25) is 39.2 Å². The molecule has 1 aliphatic carbocycles. The average Bonchev–Trinajstić information content (AvgIpc) is 3.40. The van der Waals surface area contributed by atoms with Gasteiger partial charge in [-0.2, -0.15) is 18.4 Å². The molecule has 2 unspecified atom stereocenters. The fourth-order valence-corrected chi connectivity index (χ4v) is 8.31. The van der Waals surface area contributed by atoms with Crippen molar-refractivity contribution in [2.45, 2.75) is 55.4 Å². The molecule has 18 heteroatoms. The predicted octanol–water partition coefficient (Wildman–Crippen LogP) is 4.56. The average molecular weight is 809 g/mol. The lowest BCUT2D eigenvalue weighted by molar-refractivity contribution is -0.138. The zero-order valence-electron chi connectivity index (χ0n) is 30.6. The molecule has 3 saturated heterocycles. The van der Waals surface area contributed by atoms with Crippen LogP contribution in [0.5, 0.6) is 5.75 Å². The maximum atomic E-state index is 15.5. The summed E-state index contributed by atoms with van der Waals surface area (Å²) in [5, 5.41) is 17.5. The van der Waals surface area contributed by atoms with E-state index in [0.717, 1.165) is 17.0 Å². The molecule has 300 valence electrons. The second-order valence-electron chi connectivity index (χ2n) is 14.5. The van der Waals surface area contributed by atoms with Gasteiger partial charge in [-0.15, -0.1) is 12.6 Å². The van der Waals surface area contributed by atoms with Crippen LogP contribution in [0.2, 0.25) is 0 Å². The number of rotatable bonds is 11. The van der Waals surface area contributed by atoms with Gasteiger partial charge in [-0.05, 0) is 74.2 Å². The van der Waals surface area contributed by atoms with Gasteiger partial charge in [-0.1, -0.05) is 6.07 Å². The summed E-state index contributed by atoms with van der Waals surface area (Å²) in [7, 11) is 0. The molecule has 0 bridgehead atoms. The van der Waals surface area contributed by atoms with E-state index >= 15 is 4.39 Å². The van der Waals surface area contributed by atoms with Gasteiger partial charge in [0.1, 0.15) is 18.2 Å². The molecule has 1 spiro atoms. The first-order valence-electron chi connectivity index (χ1n) is 18.6. The lowest BCUT2D eigenvalue weighted by Gasteiger charge is -2.44. The number of nitrogens with one attached hydrogen (secondary N) is 3. The van der Waals surface area contributed by atoms with Crippen molar-refractivity contribution >= 4 is 59.0 Å². The van der Waals surface area contributed by atoms with Crippen LogP contribution in [0, 0.1) is 17.1 Å². The van der Waals surface area contributed by atoms with E-state index in [2.05, 4.69) is 33.5 Å². The highest BCUT2D eigenvalue weighted by atomic mass is 32.1. The maximum absolute atomic E-state index is 15.5. The smallest absolute Gasteiger partial charge is 0.417 e. The highest BCUT2D eigenvalue weighted by Gasteiger charge is 2.60. The fraction of sp³-hybridized carbons (Fsp3) is 0.410. The van der Waals surface area contributed by atoms with Gasteiger partial charge in [0.2, 0.25) is 17.7 Å². The SMILES string of the molecule is N#Cc1ccc(N2C(=O)C3(CCC3)N(c3ccc(OCCN4CCN(CC(=O)Nc5cccc(NC6CCC(=O)NC6=O)c5)CC4)c(F)c3)C2S)cc1C(F)(F)F. The number of imide groups is 1. The zero-order chi connectivity index (χ0) is 40.5. The molecule has 4 fully saturated rings. The predicted molar refractivity (Wildman–Crippen MR) is 205 cm³/mol. The van der Waals surface area contributed by atoms with Gasteiger partial charge >= 0.3 is 6.18 Å². The van der Waals surface area contributed by atoms with Gasteiger partial charge in [-0.25, -0.2) is 4.39 Å². The molecule has 3 aromatic carbocycles. The van der Waals surface area contributed by atoms with Crippen molar-refractivity contribution in [3.63, 3.8) is 0 Å². The zero-order valence-corrected chi connectivity index (χ0v) is 31.5. The molecule has 4 aliphatic rings. The van der Waals surface area contributed by atoms with E-state index in [1.807, 2.05) is 4.90 Å². The van der Waals surface area contributed by atoms with Crippen LogP contribution in [-0.4, -0.2) is 96.4 Å². The van der Waals surface area contributed by atoms with Crippen molar-refractivity contribution in [1.29, 1.82) is 5.26 Å². The molecular formula is C39H40F4N8O5S. The number of nitrogens with zero attached hydrogens (tertiary/aromatic N) is 5. The fourth-order valence-electron chi connectivity index (χ4n) is 7.72. The number of thiol groups is 1. The van der Waals surface area contributed by atoms with Crippen molar-refractivity contribution in [3.8, 4) is 11.8 Å². The van der Waals surface area contributed by atoms with Crippen LogP contribution < -0.4 is 30.5 Å². The number of hydrogen-bond donors (Lipinski definition) is 4. The van der Waals surface area contributed by atoms with Gasteiger partial charge in [0.25, 0.3) is 5.91 Å². The van der Waals surface area contributed by atoms with Crippen LogP contribution in [0.25, 0.3) is 0 Å². The van der Waals surface area contributed by atoms with Crippen LogP contribution in [0.3, 0.4) is 0 Å². The number of carbonyl (C=O) groups excluding carboxylic acids is 4. The quantitative estimate of drug-likeness (QED) is 0.124. The Morgan fingerprint density at radius 3 is 2.37 bits per heavy atom. The number of benzene rings is 3. The third kappa shape index (κ3) is 8.36. The summed E-state index contributed by atoms with van der Waals surface area (Å²) in [5.74, 6) is -1.97. The molecule has 0 radical (unpaired) electrons. The summed E-state index contributed by atoms with van der Waals surface area (Å²) in [4.78, 5) is 57.2. The molecule has 3 aliphatic heterocycles. The Morgan fingerprint density at radius 1 is 0.982 bits per heavy atom. The number of nitriles is 1. The van der Waals surface area contributed by atoms with E-state index in [0.29, 0.717) is 75.5 Å². The number of halogens is 4. The monoisotopic (exact) mass is 808 g/mol. The molecule has 13 nitrogen and oxygen atoms in total. The minimum atomic E-state index is -4.81. The topological polar surface area (TPSA) is 150 Å². The second kappa shape index (κ2) is 16.2. The largest absolute Gasteiger partial charge is 0.489 e. The van der Waals surface area contributed by atoms with E-state index in [1.165, 1.54) is 18.2 Å². The highest BCUT2D eigenvalue weighted by molar-refractivity contribution is 7.81. The van der Waals surface area contributed by atoms with Crippen LogP contribution >= 0.6 is 12.6 Å². The Labute approximate surface area is 331 Å². The molecule has 3 heterocycles. The minimum Gasteiger partial charge on any atom is -0.489 e. The molecule has 57 heavy (non-hydrogen) atoms. The summed E-state index contributed by atoms with van der Waals surface area (Å²) in [6.45, 7) is 3.47. The van der Waals surface area contributed by atoms with Crippen molar-refractivity contribution < 1.29 is 41.5 Å². The molecule has 0 aromatic heterocycles. The highest BCUT2D eigenvalue weighted by Crippen LogP contribution is 2.51. The molecular weight excluding hydrogens is 769 g/mol. The summed E-state index contributed by atoms with van der Waals surface area (Å²) >= 11 is 4.65. The van der Waals surface area contributed by atoms with Crippen LogP contribution in [0.1, 0.15) is 43.2 Å². The van der Waals surface area contributed by atoms with E-state index in [-0.39, 0.29) is 48.7 Å². The van der Waals surface area contributed by atoms with Crippen LogP contribution in [-0.2, 0) is 25.4 Å². The van der Waals surface area contributed by atoms with Crippen molar-refractivity contribution in [3.05, 3.63) is 77.6 Å². The number of piperidine rings is 1. The van der Waals surface area contributed by atoms with Crippen molar-refractivity contribution in [2.75, 3.05) is 66.3 Å². The number of ether oxygens (including phenoxy) is 1. The Bertz CT molecular complexity index is 2100. The Balaban J connectivity index is 0.892. The third-order valence-electron chi connectivity index (χ3n) is 10.8. The summed E-state index contributed by atoms with van der Waals surface area (Å²) in [5.41, 5.74) is -2.37. The Kier molecular flexibility index (Phi) is 11.3. The van der Waals surface area contributed by atoms with Gasteiger partial charge in [0.15, 0.2) is 17.1 Å². The first kappa shape index (κ1) is 39.8. The minimum absolute atomic E-state index is 0.00750. The number of anilines is 4. The number of amides is 4. The lowest BCUT2D eigenvalue weighted by Crippen LogP contribution is -2.55. The van der Waals surface area contributed by atoms with E-state index in [9.17, 15) is 37.6 Å². The molecule has 3 N–H and O–H groups in total. The van der Waals surface area contributed by atoms with Gasteiger partial charge in [0.05, 0.1) is 23.7 Å². The van der Waals surface area contributed by atoms with Crippen LogP contribution in [0.4, 0.5) is 40.3 Å². The number of hydrogen-bond acceptors (Lipinski definition) is 11. The standard InChI is InChI=1S/C39H40F4N8O5S/c40-30-21-28(51-37(57)50(36(55)38(51)11-2-12-38)27-6-5-24(22-44)29(20-27)39(41,42)43)7-9-32(30)56-18-17-48-13-15-49(16-14-48)23-34(53)46-26-4-1-3-25(19-26)45-31-8-10-33(52)47-35(31)54/h1,3-7,9,19-21,31,37,45,57H,2,8,10-18,23H2,(H,46,53)(H,47,52,54). The number of carbonyl (C=O) groups is 4. The summed E-state index contributed by atoms with van der Waals surface area (Å²) in [6, 6.07) is 15.4. The molecule has 7 rings (SSSR count). The van der Waals surface area contributed by atoms with E-state index in [1.54, 1.807) is 41.3 Å². The molecule has 4 amide bonds. The Morgan fingerprint density at radius 2 is 1.70 bits per heavy atom. The van der Waals surface area contributed by atoms with Crippen molar-refractivity contribution in [1.82, 2.24) is 15.1 Å². The molecule has 2 atom stereocenters. The summed E-state index contributed by atoms with van der Waals surface area (Å²) in [6.07, 6.45) is -2.64. The summed E-state index contributed by atoms with van der Waals surface area (Å²) < 4.78 is 62.6. The third-order valence-corrected chi connectivity index (χ3v) is 11.3. The van der Waals surface area contributed by atoms with Crippen molar-refractivity contribution in [2.24, 2.45) is 0 Å². The second-order valence-corrected chi connectivity index (χ2v) is 14.9. The first-order chi connectivity index (χ1) is 27.3. The molecule has 3 aromatic rings. The molecule has 1 saturated carbocycles. The maximum Gasteiger partial charge on any atom is 0.417 e. The van der Waals surface area contributed by atoms with Crippen LogP contribution in [0.15, 0.2) is 60.7 Å². The van der Waals surface area contributed by atoms with E-state index in [4.69, 9.17) is 4.74 Å². The number of piperazine rings is 1.